The summed E-state index contributed by atoms with van der Waals surface area (Å²) in [7, 11) is 0. The van der Waals surface area contributed by atoms with Crippen LogP contribution in [-0.2, 0) is 6.42 Å². The first-order valence-corrected chi connectivity index (χ1v) is 5.79. The van der Waals surface area contributed by atoms with E-state index < -0.39 is 0 Å². The van der Waals surface area contributed by atoms with E-state index in [1.807, 2.05) is 37.3 Å². The molecule has 0 fully saturated rings. The van der Waals surface area contributed by atoms with Crippen LogP contribution in [-0.4, -0.2) is 4.98 Å². The molecule has 2 heteroatoms. The van der Waals surface area contributed by atoms with Gasteiger partial charge in [0.15, 0.2) is 0 Å². The lowest BCUT2D eigenvalue weighted by Crippen LogP contribution is -1.91. The Hall–Kier alpha value is -1.70. The van der Waals surface area contributed by atoms with Crippen LogP contribution in [0.4, 0.5) is 4.39 Å². The molecular weight excluding hydrogens is 213 g/mol. The van der Waals surface area contributed by atoms with Crippen molar-refractivity contribution in [2.75, 3.05) is 0 Å². The van der Waals surface area contributed by atoms with Gasteiger partial charge in [-0.25, -0.2) is 4.39 Å². The van der Waals surface area contributed by atoms with E-state index in [-0.39, 0.29) is 5.82 Å². The highest BCUT2D eigenvalue weighted by atomic mass is 19.1. The molecule has 1 nitrogen and oxygen atoms in total. The number of pyridine rings is 1. The van der Waals surface area contributed by atoms with Crippen LogP contribution >= 0.6 is 0 Å². The molecule has 2 rings (SSSR count). The second-order valence-electron chi connectivity index (χ2n) is 3.98. The highest BCUT2D eigenvalue weighted by Gasteiger charge is 2.06. The Morgan fingerprint density at radius 3 is 2.82 bits per heavy atom. The molecular formula is C15H15FN. The van der Waals surface area contributed by atoms with E-state index in [9.17, 15) is 4.39 Å². The number of nitrogens with zero attached hydrogens (tertiary/aromatic N) is 1. The monoisotopic (exact) mass is 228 g/mol. The fourth-order valence-electron chi connectivity index (χ4n) is 1.76. The van der Waals surface area contributed by atoms with Gasteiger partial charge in [0, 0.05) is 11.8 Å². The van der Waals surface area contributed by atoms with Crippen molar-refractivity contribution in [1.29, 1.82) is 0 Å². The summed E-state index contributed by atoms with van der Waals surface area (Å²) < 4.78 is 13.7. The van der Waals surface area contributed by atoms with Crippen molar-refractivity contribution >= 4 is 0 Å². The van der Waals surface area contributed by atoms with Gasteiger partial charge in [-0.3, -0.25) is 4.98 Å². The van der Waals surface area contributed by atoms with Crippen molar-refractivity contribution < 1.29 is 4.39 Å². The third-order valence-electron chi connectivity index (χ3n) is 2.69. The van der Waals surface area contributed by atoms with Crippen LogP contribution in [0.2, 0.25) is 0 Å². The van der Waals surface area contributed by atoms with Crippen molar-refractivity contribution in [2.45, 2.75) is 19.8 Å². The standard InChI is InChI=1S/C15H15FN/c1-2-3-6-12-8-9-14(16)13(11-12)15-7-4-5-10-17-15/h2,4-5,7-11H,3,6H2,1H3. The molecule has 0 N–H and O–H groups in total. The number of aryl methyl sites for hydroxylation is 1. The SMILES string of the molecule is C[CH]CCc1ccc(F)c(-c2ccccn2)c1. The lowest BCUT2D eigenvalue weighted by molar-refractivity contribution is 0.630. The largest absolute Gasteiger partial charge is 0.256 e. The lowest BCUT2D eigenvalue weighted by atomic mass is 10.0. The number of benzene rings is 1. The number of rotatable bonds is 4. The molecule has 1 aromatic heterocycles. The number of hydrogen-bond donors (Lipinski definition) is 0. The summed E-state index contributed by atoms with van der Waals surface area (Å²) in [5.74, 6) is -0.215. The average Bonchev–Trinajstić information content (AvgIpc) is 2.39. The Morgan fingerprint density at radius 2 is 2.12 bits per heavy atom. The van der Waals surface area contributed by atoms with E-state index in [4.69, 9.17) is 0 Å². The Kier molecular flexibility index (Phi) is 3.86. The number of unbranched alkanes of at least 4 members (excludes halogenated alkanes) is 1. The van der Waals surface area contributed by atoms with Crippen LogP contribution < -0.4 is 0 Å². The summed E-state index contributed by atoms with van der Waals surface area (Å²) in [6, 6.07) is 10.8. The molecule has 0 spiro atoms. The molecule has 0 amide bonds. The normalized spacial score (nSPS) is 10.5. The van der Waals surface area contributed by atoms with Gasteiger partial charge in [0.2, 0.25) is 0 Å². The molecule has 0 saturated carbocycles. The Morgan fingerprint density at radius 1 is 1.24 bits per heavy atom. The molecule has 0 aliphatic heterocycles. The van der Waals surface area contributed by atoms with Crippen molar-refractivity contribution in [3.8, 4) is 11.3 Å². The quantitative estimate of drug-likeness (QED) is 0.769. The number of aromatic nitrogens is 1. The van der Waals surface area contributed by atoms with Gasteiger partial charge in [-0.2, -0.15) is 0 Å². The van der Waals surface area contributed by atoms with E-state index in [2.05, 4.69) is 11.4 Å². The predicted octanol–water partition coefficient (Wildman–Crippen LogP) is 4.04. The molecule has 1 radical (unpaired) electrons. The maximum atomic E-state index is 13.7. The van der Waals surface area contributed by atoms with Crippen LogP contribution in [0.1, 0.15) is 18.9 Å². The van der Waals surface area contributed by atoms with Crippen molar-refractivity contribution in [1.82, 2.24) is 4.98 Å². The fraction of sp³-hybridized carbons (Fsp3) is 0.200. The summed E-state index contributed by atoms with van der Waals surface area (Å²) in [6.07, 6.45) is 5.75. The van der Waals surface area contributed by atoms with Crippen molar-refractivity contribution in [2.24, 2.45) is 0 Å². The van der Waals surface area contributed by atoms with Gasteiger partial charge in [0.1, 0.15) is 5.82 Å². The van der Waals surface area contributed by atoms with Crippen molar-refractivity contribution in [3.05, 3.63) is 60.4 Å². The molecule has 17 heavy (non-hydrogen) atoms. The molecule has 0 atom stereocenters. The van der Waals surface area contributed by atoms with Crippen LogP contribution in [0.15, 0.2) is 42.6 Å². The minimum atomic E-state index is -0.215. The summed E-state index contributed by atoms with van der Waals surface area (Å²) >= 11 is 0. The minimum absolute atomic E-state index is 0.215. The minimum Gasteiger partial charge on any atom is -0.256 e. The molecule has 0 aliphatic rings. The average molecular weight is 228 g/mol. The fourth-order valence-corrected chi connectivity index (χ4v) is 1.76. The molecule has 2 aromatic rings. The zero-order valence-corrected chi connectivity index (χ0v) is 9.86. The summed E-state index contributed by atoms with van der Waals surface area (Å²) in [4.78, 5) is 4.18. The van der Waals surface area contributed by atoms with Gasteiger partial charge in [-0.05, 0) is 49.1 Å². The zero-order chi connectivity index (χ0) is 12.1. The van der Waals surface area contributed by atoms with E-state index >= 15 is 0 Å². The molecule has 1 heterocycles. The number of hydrogen-bond acceptors (Lipinski definition) is 1. The molecule has 0 aliphatic carbocycles. The van der Waals surface area contributed by atoms with Gasteiger partial charge in [-0.15, -0.1) is 0 Å². The second kappa shape index (κ2) is 5.58. The summed E-state index contributed by atoms with van der Waals surface area (Å²) in [5, 5.41) is 0. The highest BCUT2D eigenvalue weighted by Crippen LogP contribution is 2.22. The lowest BCUT2D eigenvalue weighted by Gasteiger charge is -2.06. The molecule has 0 saturated heterocycles. The topological polar surface area (TPSA) is 12.9 Å². The van der Waals surface area contributed by atoms with Gasteiger partial charge in [0.05, 0.1) is 5.69 Å². The maximum absolute atomic E-state index is 13.7. The molecule has 1 aromatic carbocycles. The Labute approximate surface area is 101 Å². The molecule has 87 valence electrons. The molecule has 0 bridgehead atoms. The first-order valence-electron chi connectivity index (χ1n) is 5.79. The second-order valence-corrected chi connectivity index (χ2v) is 3.98. The van der Waals surface area contributed by atoms with Gasteiger partial charge >= 0.3 is 0 Å². The Bertz CT molecular complexity index is 480. The third kappa shape index (κ3) is 2.90. The van der Waals surface area contributed by atoms with Crippen LogP contribution in [0.25, 0.3) is 11.3 Å². The first-order chi connectivity index (χ1) is 8.31. The highest BCUT2D eigenvalue weighted by molar-refractivity contribution is 5.60. The van der Waals surface area contributed by atoms with E-state index in [1.54, 1.807) is 6.20 Å². The van der Waals surface area contributed by atoms with Gasteiger partial charge < -0.3 is 0 Å². The summed E-state index contributed by atoms with van der Waals surface area (Å²) in [6.45, 7) is 2.03. The Balaban J connectivity index is 2.33. The van der Waals surface area contributed by atoms with Gasteiger partial charge in [0.25, 0.3) is 0 Å². The van der Waals surface area contributed by atoms with Crippen molar-refractivity contribution in [3.63, 3.8) is 0 Å². The smallest absolute Gasteiger partial charge is 0.132 e. The van der Waals surface area contributed by atoms with Crippen LogP contribution in [0.5, 0.6) is 0 Å². The van der Waals surface area contributed by atoms with Crippen LogP contribution in [0, 0.1) is 12.2 Å². The summed E-state index contributed by atoms with van der Waals surface area (Å²) in [5.41, 5.74) is 2.41. The van der Waals surface area contributed by atoms with E-state index in [1.165, 1.54) is 6.07 Å². The third-order valence-corrected chi connectivity index (χ3v) is 2.69. The predicted molar refractivity (Wildman–Crippen MR) is 67.9 cm³/mol. The van der Waals surface area contributed by atoms with Gasteiger partial charge in [-0.1, -0.05) is 19.1 Å². The maximum Gasteiger partial charge on any atom is 0.132 e. The first kappa shape index (κ1) is 11.8. The van der Waals surface area contributed by atoms with Crippen LogP contribution in [0.3, 0.4) is 0 Å². The van der Waals surface area contributed by atoms with E-state index in [0.29, 0.717) is 11.3 Å². The molecule has 0 unspecified atom stereocenters. The number of halogens is 1. The van der Waals surface area contributed by atoms with E-state index in [0.717, 1.165) is 18.4 Å². The zero-order valence-electron chi connectivity index (χ0n) is 9.86.